The van der Waals surface area contributed by atoms with Crippen molar-refractivity contribution in [2.24, 2.45) is 0 Å². The van der Waals surface area contributed by atoms with Crippen molar-refractivity contribution in [2.45, 2.75) is 32.2 Å². The van der Waals surface area contributed by atoms with Gasteiger partial charge in [-0.2, -0.15) is 0 Å². The standard InChI is InChI=1S/C15H20BrNO4/c1-3-4-9-21-15(19)17-13(10-14(18)20-2)11-5-7-12(16)8-6-11/h5-8,13H,3-4,9-10H2,1-2H3,(H,17,19). The molecule has 0 aliphatic rings. The summed E-state index contributed by atoms with van der Waals surface area (Å²) < 4.78 is 10.7. The van der Waals surface area contributed by atoms with Crippen LogP contribution in [0.4, 0.5) is 4.79 Å². The van der Waals surface area contributed by atoms with Crippen LogP contribution < -0.4 is 5.32 Å². The van der Waals surface area contributed by atoms with Gasteiger partial charge in [0.05, 0.1) is 26.2 Å². The molecule has 5 nitrogen and oxygen atoms in total. The molecule has 116 valence electrons. The second kappa shape index (κ2) is 9.39. The molecule has 1 rings (SSSR count). The zero-order chi connectivity index (χ0) is 15.7. The van der Waals surface area contributed by atoms with Gasteiger partial charge in [-0.1, -0.05) is 41.4 Å². The van der Waals surface area contributed by atoms with Crippen LogP contribution in [-0.4, -0.2) is 25.8 Å². The Labute approximate surface area is 133 Å². The minimum Gasteiger partial charge on any atom is -0.469 e. The lowest BCUT2D eigenvalue weighted by molar-refractivity contribution is -0.141. The fourth-order valence-corrected chi connectivity index (χ4v) is 1.95. The third kappa shape index (κ3) is 6.62. The van der Waals surface area contributed by atoms with Crippen LogP contribution in [0.1, 0.15) is 37.8 Å². The van der Waals surface area contributed by atoms with E-state index in [4.69, 9.17) is 4.74 Å². The molecule has 1 amide bonds. The van der Waals surface area contributed by atoms with E-state index >= 15 is 0 Å². The summed E-state index contributed by atoms with van der Waals surface area (Å²) in [7, 11) is 1.32. The molecule has 0 aliphatic heterocycles. The molecule has 0 heterocycles. The molecule has 21 heavy (non-hydrogen) atoms. The van der Waals surface area contributed by atoms with Crippen molar-refractivity contribution in [1.82, 2.24) is 5.32 Å². The SMILES string of the molecule is CCCCOC(=O)NC(CC(=O)OC)c1ccc(Br)cc1. The maximum Gasteiger partial charge on any atom is 0.407 e. The predicted molar refractivity (Wildman–Crippen MR) is 82.9 cm³/mol. The largest absolute Gasteiger partial charge is 0.469 e. The van der Waals surface area contributed by atoms with Crippen molar-refractivity contribution in [1.29, 1.82) is 0 Å². The lowest BCUT2D eigenvalue weighted by Gasteiger charge is -2.18. The Morgan fingerprint density at radius 1 is 1.29 bits per heavy atom. The van der Waals surface area contributed by atoms with Gasteiger partial charge in [0.2, 0.25) is 0 Å². The van der Waals surface area contributed by atoms with Crippen LogP contribution in [0.3, 0.4) is 0 Å². The first-order chi connectivity index (χ1) is 10.1. The minimum atomic E-state index is -0.528. The van der Waals surface area contributed by atoms with E-state index in [1.165, 1.54) is 7.11 Å². The molecule has 6 heteroatoms. The van der Waals surface area contributed by atoms with Gasteiger partial charge >= 0.3 is 12.1 Å². The average Bonchev–Trinajstić information content (AvgIpc) is 2.47. The van der Waals surface area contributed by atoms with Crippen LogP contribution in [0.25, 0.3) is 0 Å². The van der Waals surface area contributed by atoms with Crippen molar-refractivity contribution in [3.63, 3.8) is 0 Å². The molecule has 1 aromatic rings. The minimum absolute atomic E-state index is 0.0566. The maximum atomic E-state index is 11.7. The number of methoxy groups -OCH3 is 1. The molecular weight excluding hydrogens is 338 g/mol. The van der Waals surface area contributed by atoms with Crippen molar-refractivity contribution >= 4 is 28.0 Å². The first-order valence-electron chi connectivity index (χ1n) is 6.82. The highest BCUT2D eigenvalue weighted by atomic mass is 79.9. The first kappa shape index (κ1) is 17.5. The summed E-state index contributed by atoms with van der Waals surface area (Å²) in [5.74, 6) is -0.392. The normalized spacial score (nSPS) is 11.6. The van der Waals surface area contributed by atoms with Crippen LogP contribution in [0.5, 0.6) is 0 Å². The summed E-state index contributed by atoms with van der Waals surface area (Å²) in [6.07, 6.45) is 1.29. The number of carbonyl (C=O) groups is 2. The number of ether oxygens (including phenoxy) is 2. The maximum absolute atomic E-state index is 11.7. The zero-order valence-corrected chi connectivity index (χ0v) is 13.8. The van der Waals surface area contributed by atoms with E-state index in [1.54, 1.807) is 0 Å². The van der Waals surface area contributed by atoms with E-state index in [1.807, 2.05) is 31.2 Å². The number of carbonyl (C=O) groups excluding carboxylic acids is 2. The number of halogens is 1. The second-order valence-corrected chi connectivity index (χ2v) is 5.43. The molecule has 0 spiro atoms. The van der Waals surface area contributed by atoms with Crippen molar-refractivity contribution in [3.05, 3.63) is 34.3 Å². The Hall–Kier alpha value is -1.56. The molecular formula is C15H20BrNO4. The molecule has 0 saturated carbocycles. The number of benzene rings is 1. The number of unbranched alkanes of at least 4 members (excludes halogenated alkanes) is 1. The summed E-state index contributed by atoms with van der Waals surface area (Å²) in [6.45, 7) is 2.39. The van der Waals surface area contributed by atoms with Gasteiger partial charge in [-0.25, -0.2) is 4.79 Å². The smallest absolute Gasteiger partial charge is 0.407 e. The fourth-order valence-electron chi connectivity index (χ4n) is 1.69. The van der Waals surface area contributed by atoms with Gasteiger partial charge in [0.1, 0.15) is 0 Å². The van der Waals surface area contributed by atoms with Gasteiger partial charge in [0.15, 0.2) is 0 Å². The Morgan fingerprint density at radius 2 is 1.95 bits per heavy atom. The van der Waals surface area contributed by atoms with E-state index in [9.17, 15) is 9.59 Å². The lowest BCUT2D eigenvalue weighted by atomic mass is 10.0. The Bertz CT molecular complexity index is 461. The van der Waals surface area contributed by atoms with E-state index in [0.717, 1.165) is 22.9 Å². The number of rotatable bonds is 7. The number of esters is 1. The third-order valence-electron chi connectivity index (χ3n) is 2.89. The van der Waals surface area contributed by atoms with Crippen LogP contribution in [0.2, 0.25) is 0 Å². The van der Waals surface area contributed by atoms with E-state index < -0.39 is 18.1 Å². The van der Waals surface area contributed by atoms with Gasteiger partial charge in [0.25, 0.3) is 0 Å². The molecule has 1 aromatic carbocycles. The highest BCUT2D eigenvalue weighted by molar-refractivity contribution is 9.10. The van der Waals surface area contributed by atoms with Crippen LogP contribution in [-0.2, 0) is 14.3 Å². The Balaban J connectivity index is 2.70. The fraction of sp³-hybridized carbons (Fsp3) is 0.467. The van der Waals surface area contributed by atoms with Gasteiger partial charge < -0.3 is 14.8 Å². The van der Waals surface area contributed by atoms with Gasteiger partial charge in [0, 0.05) is 4.47 Å². The number of nitrogens with one attached hydrogen (secondary N) is 1. The molecule has 0 fully saturated rings. The molecule has 0 saturated heterocycles. The summed E-state index contributed by atoms with van der Waals surface area (Å²) in [5.41, 5.74) is 0.816. The molecule has 0 aliphatic carbocycles. The van der Waals surface area contributed by atoms with Crippen molar-refractivity contribution < 1.29 is 19.1 Å². The number of hydrogen-bond donors (Lipinski definition) is 1. The quantitative estimate of drug-likeness (QED) is 0.598. The number of alkyl carbamates (subject to hydrolysis) is 1. The molecule has 1 unspecified atom stereocenters. The summed E-state index contributed by atoms with van der Waals surface area (Å²) in [6, 6.07) is 6.90. The Morgan fingerprint density at radius 3 is 2.52 bits per heavy atom. The summed E-state index contributed by atoms with van der Waals surface area (Å²) >= 11 is 3.35. The topological polar surface area (TPSA) is 64.6 Å². The highest BCUT2D eigenvalue weighted by Crippen LogP contribution is 2.20. The van der Waals surface area contributed by atoms with Gasteiger partial charge in [-0.15, -0.1) is 0 Å². The lowest BCUT2D eigenvalue weighted by Crippen LogP contribution is -2.31. The van der Waals surface area contributed by atoms with Crippen molar-refractivity contribution in [3.8, 4) is 0 Å². The van der Waals surface area contributed by atoms with Crippen LogP contribution in [0.15, 0.2) is 28.7 Å². The number of hydrogen-bond acceptors (Lipinski definition) is 4. The summed E-state index contributed by atoms with van der Waals surface area (Å²) in [4.78, 5) is 23.2. The monoisotopic (exact) mass is 357 g/mol. The van der Waals surface area contributed by atoms with E-state index in [-0.39, 0.29) is 6.42 Å². The number of amides is 1. The van der Waals surface area contributed by atoms with E-state index in [0.29, 0.717) is 6.61 Å². The molecule has 0 bridgehead atoms. The Kier molecular flexibility index (Phi) is 7.82. The zero-order valence-electron chi connectivity index (χ0n) is 12.2. The second-order valence-electron chi connectivity index (χ2n) is 4.52. The van der Waals surface area contributed by atoms with Crippen LogP contribution in [0, 0.1) is 0 Å². The van der Waals surface area contributed by atoms with Gasteiger partial charge in [-0.05, 0) is 24.1 Å². The predicted octanol–water partition coefficient (Wildman–Crippen LogP) is 3.58. The van der Waals surface area contributed by atoms with E-state index in [2.05, 4.69) is 26.0 Å². The molecule has 1 atom stereocenters. The van der Waals surface area contributed by atoms with Crippen molar-refractivity contribution in [2.75, 3.05) is 13.7 Å². The van der Waals surface area contributed by atoms with Gasteiger partial charge in [-0.3, -0.25) is 4.79 Å². The average molecular weight is 358 g/mol. The summed E-state index contributed by atoms with van der Waals surface area (Å²) in [5, 5.41) is 2.70. The molecule has 1 N–H and O–H groups in total. The third-order valence-corrected chi connectivity index (χ3v) is 3.42. The highest BCUT2D eigenvalue weighted by Gasteiger charge is 2.19. The molecule has 0 aromatic heterocycles. The van der Waals surface area contributed by atoms with Crippen LogP contribution >= 0.6 is 15.9 Å². The first-order valence-corrected chi connectivity index (χ1v) is 7.61. The molecule has 0 radical (unpaired) electrons.